The van der Waals surface area contributed by atoms with Crippen LogP contribution in [0.4, 0.5) is 4.79 Å². The van der Waals surface area contributed by atoms with Gasteiger partial charge in [-0.2, -0.15) is 0 Å². The van der Waals surface area contributed by atoms with Gasteiger partial charge in [0.2, 0.25) is 0 Å². The van der Waals surface area contributed by atoms with E-state index >= 15 is 0 Å². The first-order valence-electron chi connectivity index (χ1n) is 4.88. The molecule has 0 saturated carbocycles. The quantitative estimate of drug-likeness (QED) is 0.511. The zero-order valence-corrected chi connectivity index (χ0v) is 9.35. The molecular weight excluding hydrogens is 187 g/mol. The van der Waals surface area contributed by atoms with Crippen LogP contribution in [0.1, 0.15) is 39.5 Å². The van der Waals surface area contributed by atoms with E-state index in [2.05, 4.69) is 0 Å². The maximum atomic E-state index is 11.8. The number of unbranched alkanes of at least 4 members (excludes halogenated alkanes) is 2. The lowest BCUT2D eigenvalue weighted by Gasteiger charge is -2.11. The van der Waals surface area contributed by atoms with Crippen LogP contribution in [-0.2, 0) is 4.57 Å². The minimum Gasteiger partial charge on any atom is -0.476 e. The predicted octanol–water partition coefficient (Wildman–Crippen LogP) is 3.63. The molecule has 0 saturated heterocycles. The summed E-state index contributed by atoms with van der Waals surface area (Å²) in [7, 11) is -2.90. The lowest BCUT2D eigenvalue weighted by atomic mass is 10.3. The number of carboxylic acid groups (broad SMARTS) is 1. The average Bonchev–Trinajstić information content (AvgIpc) is 2.05. The Morgan fingerprint density at radius 1 is 1.15 bits per heavy atom. The molecule has 0 heterocycles. The molecule has 78 valence electrons. The molecule has 0 aromatic heterocycles. The molecule has 0 radical (unpaired) electrons. The van der Waals surface area contributed by atoms with E-state index in [-0.39, 0.29) is 0 Å². The van der Waals surface area contributed by atoms with Gasteiger partial charge >= 0.3 is 5.71 Å². The first kappa shape index (κ1) is 12.7. The fourth-order valence-electron chi connectivity index (χ4n) is 1.28. The van der Waals surface area contributed by atoms with Crippen LogP contribution < -0.4 is 0 Å². The summed E-state index contributed by atoms with van der Waals surface area (Å²) in [5, 5.41) is 8.80. The Labute approximate surface area is 79.9 Å². The SMILES string of the molecule is CCCCCP(=O)(CCC)C(=O)O. The molecule has 1 N–H and O–H groups in total. The Bertz CT molecular complexity index is 201. The van der Waals surface area contributed by atoms with Gasteiger partial charge in [0.25, 0.3) is 0 Å². The lowest BCUT2D eigenvalue weighted by Crippen LogP contribution is -2.04. The van der Waals surface area contributed by atoms with Gasteiger partial charge in [0.15, 0.2) is 7.14 Å². The minimum absolute atomic E-state index is 0.353. The molecule has 0 spiro atoms. The van der Waals surface area contributed by atoms with Crippen molar-refractivity contribution in [3.8, 4) is 0 Å². The summed E-state index contributed by atoms with van der Waals surface area (Å²) in [6, 6.07) is 0. The zero-order valence-electron chi connectivity index (χ0n) is 8.45. The van der Waals surface area contributed by atoms with Crippen molar-refractivity contribution in [1.82, 2.24) is 0 Å². The largest absolute Gasteiger partial charge is 0.476 e. The zero-order chi connectivity index (χ0) is 10.3. The van der Waals surface area contributed by atoms with E-state index < -0.39 is 12.9 Å². The van der Waals surface area contributed by atoms with Gasteiger partial charge in [-0.25, -0.2) is 4.79 Å². The van der Waals surface area contributed by atoms with E-state index in [4.69, 9.17) is 5.11 Å². The van der Waals surface area contributed by atoms with Crippen molar-refractivity contribution in [2.24, 2.45) is 0 Å². The van der Waals surface area contributed by atoms with Crippen molar-refractivity contribution in [3.05, 3.63) is 0 Å². The van der Waals surface area contributed by atoms with Crippen LogP contribution in [0.5, 0.6) is 0 Å². The highest BCUT2D eigenvalue weighted by atomic mass is 31.2. The molecule has 0 aromatic rings. The molecule has 0 fully saturated rings. The first-order chi connectivity index (χ1) is 6.06. The summed E-state index contributed by atoms with van der Waals surface area (Å²) in [4.78, 5) is 10.7. The Hall–Kier alpha value is -0.300. The van der Waals surface area contributed by atoms with Crippen LogP contribution in [-0.4, -0.2) is 23.1 Å². The second-order valence-corrected chi connectivity index (χ2v) is 6.38. The van der Waals surface area contributed by atoms with Gasteiger partial charge in [-0.1, -0.05) is 26.7 Å². The second kappa shape index (κ2) is 6.20. The highest BCUT2D eigenvalue weighted by Gasteiger charge is 2.29. The van der Waals surface area contributed by atoms with E-state index in [9.17, 15) is 9.36 Å². The summed E-state index contributed by atoms with van der Waals surface area (Å²) in [6.45, 7) is 3.92. The topological polar surface area (TPSA) is 54.4 Å². The number of rotatable bonds is 7. The molecule has 0 aliphatic rings. The normalized spacial score (nSPS) is 15.2. The molecular formula is C9H19O3P. The molecule has 0 aromatic carbocycles. The van der Waals surface area contributed by atoms with Gasteiger partial charge in [-0.3, -0.25) is 0 Å². The van der Waals surface area contributed by atoms with E-state index in [0.717, 1.165) is 19.3 Å². The molecule has 0 bridgehead atoms. The van der Waals surface area contributed by atoms with Crippen molar-refractivity contribution in [1.29, 1.82) is 0 Å². The van der Waals surface area contributed by atoms with Crippen LogP contribution in [0.3, 0.4) is 0 Å². The van der Waals surface area contributed by atoms with Crippen molar-refractivity contribution in [3.63, 3.8) is 0 Å². The fraction of sp³-hybridized carbons (Fsp3) is 0.889. The summed E-state index contributed by atoms with van der Waals surface area (Å²) < 4.78 is 11.8. The van der Waals surface area contributed by atoms with Crippen molar-refractivity contribution in [2.45, 2.75) is 39.5 Å². The molecule has 0 aliphatic carbocycles. The number of hydrogen-bond acceptors (Lipinski definition) is 2. The second-order valence-electron chi connectivity index (χ2n) is 3.33. The maximum Gasteiger partial charge on any atom is 0.361 e. The molecule has 0 amide bonds. The Morgan fingerprint density at radius 2 is 1.77 bits per heavy atom. The van der Waals surface area contributed by atoms with E-state index in [1.807, 2.05) is 13.8 Å². The van der Waals surface area contributed by atoms with Gasteiger partial charge < -0.3 is 9.67 Å². The third kappa shape index (κ3) is 4.47. The van der Waals surface area contributed by atoms with Gasteiger partial charge in [0.1, 0.15) is 0 Å². The molecule has 0 aliphatic heterocycles. The third-order valence-electron chi connectivity index (χ3n) is 2.06. The number of hydrogen-bond donors (Lipinski definition) is 1. The standard InChI is InChI=1S/C9H19O3P/c1-3-5-6-8-13(12,7-4-2)9(10)11/h3-8H2,1-2H3,(H,10,11). The monoisotopic (exact) mass is 206 g/mol. The fourth-order valence-corrected chi connectivity index (χ4v) is 3.34. The first-order valence-corrected chi connectivity index (χ1v) is 6.96. The van der Waals surface area contributed by atoms with Crippen molar-refractivity contribution >= 4 is 12.9 Å². The van der Waals surface area contributed by atoms with E-state index in [1.165, 1.54) is 0 Å². The molecule has 3 nitrogen and oxygen atoms in total. The van der Waals surface area contributed by atoms with Crippen LogP contribution in [0, 0.1) is 0 Å². The average molecular weight is 206 g/mol. The Kier molecular flexibility index (Phi) is 6.06. The minimum atomic E-state index is -2.90. The lowest BCUT2D eigenvalue weighted by molar-refractivity contribution is 0.218. The van der Waals surface area contributed by atoms with Gasteiger partial charge in [-0.15, -0.1) is 0 Å². The van der Waals surface area contributed by atoms with Crippen LogP contribution in [0.15, 0.2) is 0 Å². The number of carbonyl (C=O) groups is 1. The van der Waals surface area contributed by atoms with E-state index in [1.54, 1.807) is 0 Å². The Balaban J connectivity index is 4.09. The third-order valence-corrected chi connectivity index (χ3v) is 4.96. The molecule has 13 heavy (non-hydrogen) atoms. The summed E-state index contributed by atoms with van der Waals surface area (Å²) in [5.41, 5.74) is -1.08. The van der Waals surface area contributed by atoms with Gasteiger partial charge in [-0.05, 0) is 12.8 Å². The summed E-state index contributed by atoms with van der Waals surface area (Å²) >= 11 is 0. The molecule has 4 heteroatoms. The van der Waals surface area contributed by atoms with Crippen molar-refractivity contribution < 1.29 is 14.5 Å². The van der Waals surface area contributed by atoms with Gasteiger partial charge in [0, 0.05) is 12.3 Å². The summed E-state index contributed by atoms with van der Waals surface area (Å²) in [5.74, 6) is 0. The Morgan fingerprint density at radius 3 is 2.15 bits per heavy atom. The van der Waals surface area contributed by atoms with Crippen LogP contribution in [0.25, 0.3) is 0 Å². The molecule has 1 atom stereocenters. The summed E-state index contributed by atoms with van der Waals surface area (Å²) in [6.07, 6.45) is 4.21. The molecule has 0 rings (SSSR count). The smallest absolute Gasteiger partial charge is 0.361 e. The maximum absolute atomic E-state index is 11.8. The van der Waals surface area contributed by atoms with Crippen molar-refractivity contribution in [2.75, 3.05) is 12.3 Å². The predicted molar refractivity (Wildman–Crippen MR) is 55.2 cm³/mol. The molecule has 1 unspecified atom stereocenters. The highest BCUT2D eigenvalue weighted by molar-refractivity contribution is 7.79. The van der Waals surface area contributed by atoms with Gasteiger partial charge in [0.05, 0.1) is 0 Å². The van der Waals surface area contributed by atoms with E-state index in [0.29, 0.717) is 18.7 Å². The van der Waals surface area contributed by atoms with Crippen LogP contribution in [0.2, 0.25) is 0 Å². The highest BCUT2D eigenvalue weighted by Crippen LogP contribution is 2.47. The van der Waals surface area contributed by atoms with Crippen LogP contribution >= 0.6 is 7.14 Å².